The van der Waals surface area contributed by atoms with E-state index < -0.39 is 6.10 Å². The van der Waals surface area contributed by atoms with E-state index in [1.165, 1.54) is 0 Å². The van der Waals surface area contributed by atoms with Crippen LogP contribution < -0.4 is 5.32 Å². The first kappa shape index (κ1) is 16.0. The predicted molar refractivity (Wildman–Crippen MR) is 87.4 cm³/mol. The molecular weight excluding hydrogens is 284 g/mol. The lowest BCUT2D eigenvalue weighted by molar-refractivity contribution is 0.159. The lowest BCUT2D eigenvalue weighted by atomic mass is 10.1. The third-order valence-corrected chi connectivity index (χ3v) is 3.29. The molecule has 112 valence electrons. The number of β-amino-alcohol motifs (C(OH)–C–C–N with tert-alkyl or cyclic N) is 1. The molecule has 0 amide bonds. The van der Waals surface area contributed by atoms with Gasteiger partial charge in [0, 0.05) is 22.7 Å². The Kier molecular flexibility index (Phi) is 4.99. The zero-order valence-corrected chi connectivity index (χ0v) is 13.4. The van der Waals surface area contributed by atoms with E-state index >= 15 is 0 Å². The van der Waals surface area contributed by atoms with E-state index in [1.54, 1.807) is 0 Å². The van der Waals surface area contributed by atoms with Crippen molar-refractivity contribution in [3.05, 3.63) is 53.2 Å². The van der Waals surface area contributed by atoms with Crippen molar-refractivity contribution < 1.29 is 5.11 Å². The molecule has 0 fully saturated rings. The van der Waals surface area contributed by atoms with Gasteiger partial charge < -0.3 is 10.4 Å². The van der Waals surface area contributed by atoms with Crippen molar-refractivity contribution in [3.8, 4) is 11.3 Å². The first-order chi connectivity index (χ1) is 9.85. The zero-order valence-electron chi connectivity index (χ0n) is 12.6. The Balaban J connectivity index is 2.18. The normalized spacial score (nSPS) is 13.2. The molecule has 0 saturated heterocycles. The molecule has 0 aliphatic rings. The molecule has 1 heterocycles. The average Bonchev–Trinajstić information content (AvgIpc) is 2.44. The number of rotatable bonds is 4. The average molecular weight is 305 g/mol. The fourth-order valence-corrected chi connectivity index (χ4v) is 2.14. The van der Waals surface area contributed by atoms with Crippen molar-refractivity contribution in [2.75, 3.05) is 6.54 Å². The molecule has 0 radical (unpaired) electrons. The van der Waals surface area contributed by atoms with Gasteiger partial charge in [0.25, 0.3) is 0 Å². The predicted octanol–water partition coefficient (Wildman–Crippen LogP) is 3.82. The van der Waals surface area contributed by atoms with E-state index in [9.17, 15) is 5.11 Å². The van der Waals surface area contributed by atoms with Crippen LogP contribution in [0.1, 0.15) is 32.6 Å². The van der Waals surface area contributed by atoms with Crippen LogP contribution in [0.25, 0.3) is 11.3 Å². The number of aromatic nitrogens is 1. The Morgan fingerprint density at radius 2 is 1.90 bits per heavy atom. The topological polar surface area (TPSA) is 45.1 Å². The van der Waals surface area contributed by atoms with Crippen LogP contribution in [0.15, 0.2) is 42.5 Å². The van der Waals surface area contributed by atoms with E-state index in [2.05, 4.69) is 31.1 Å². The number of halogens is 1. The Morgan fingerprint density at radius 1 is 1.19 bits per heavy atom. The molecule has 3 nitrogen and oxygen atoms in total. The fourth-order valence-electron chi connectivity index (χ4n) is 1.95. The van der Waals surface area contributed by atoms with Gasteiger partial charge in [-0.15, -0.1) is 0 Å². The Bertz CT molecular complexity index is 608. The van der Waals surface area contributed by atoms with E-state index in [0.29, 0.717) is 17.3 Å². The summed E-state index contributed by atoms with van der Waals surface area (Å²) in [6, 6.07) is 13.2. The van der Waals surface area contributed by atoms with Gasteiger partial charge in [0.1, 0.15) is 6.10 Å². The number of nitrogens with one attached hydrogen (secondary N) is 1. The minimum Gasteiger partial charge on any atom is -0.385 e. The van der Waals surface area contributed by atoms with Gasteiger partial charge in [0.2, 0.25) is 0 Å². The van der Waals surface area contributed by atoms with Crippen molar-refractivity contribution >= 4 is 11.6 Å². The van der Waals surface area contributed by atoms with E-state index in [1.807, 2.05) is 42.5 Å². The number of aliphatic hydroxyl groups excluding tert-OH is 1. The van der Waals surface area contributed by atoms with Crippen LogP contribution in [-0.4, -0.2) is 22.2 Å². The number of aliphatic hydroxyl groups is 1. The summed E-state index contributed by atoms with van der Waals surface area (Å²) in [7, 11) is 0. The maximum absolute atomic E-state index is 10.3. The van der Waals surface area contributed by atoms with Crippen LogP contribution in [0.5, 0.6) is 0 Å². The van der Waals surface area contributed by atoms with Gasteiger partial charge >= 0.3 is 0 Å². The maximum atomic E-state index is 10.3. The second-order valence-corrected chi connectivity index (χ2v) is 6.54. The van der Waals surface area contributed by atoms with Crippen molar-refractivity contribution in [3.63, 3.8) is 0 Å². The molecule has 0 bridgehead atoms. The quantitative estimate of drug-likeness (QED) is 0.902. The standard InChI is InChI=1S/C17H21ClN2O/c1-17(2,3)19-11-16(21)15-9-5-8-14(20-15)12-6-4-7-13(18)10-12/h4-10,16,19,21H,11H2,1-3H3. The number of benzene rings is 1. The van der Waals surface area contributed by atoms with Gasteiger partial charge in [0.05, 0.1) is 11.4 Å². The number of nitrogens with zero attached hydrogens (tertiary/aromatic N) is 1. The maximum Gasteiger partial charge on any atom is 0.108 e. The molecule has 2 rings (SSSR count). The fraction of sp³-hybridized carbons (Fsp3) is 0.353. The Hall–Kier alpha value is -1.42. The van der Waals surface area contributed by atoms with Gasteiger partial charge in [-0.1, -0.05) is 29.8 Å². The van der Waals surface area contributed by atoms with Crippen LogP contribution in [0.2, 0.25) is 5.02 Å². The lowest BCUT2D eigenvalue weighted by Gasteiger charge is -2.22. The molecule has 1 atom stereocenters. The highest BCUT2D eigenvalue weighted by molar-refractivity contribution is 6.30. The summed E-state index contributed by atoms with van der Waals surface area (Å²) >= 11 is 6.01. The Labute approximate surface area is 131 Å². The molecule has 21 heavy (non-hydrogen) atoms. The molecule has 1 aromatic heterocycles. The van der Waals surface area contributed by atoms with Gasteiger partial charge in [-0.3, -0.25) is 4.98 Å². The molecule has 0 aliphatic heterocycles. The Morgan fingerprint density at radius 3 is 2.57 bits per heavy atom. The SMILES string of the molecule is CC(C)(C)NCC(O)c1cccc(-c2cccc(Cl)c2)n1. The summed E-state index contributed by atoms with van der Waals surface area (Å²) in [5, 5.41) is 14.2. The summed E-state index contributed by atoms with van der Waals surface area (Å²) in [5.74, 6) is 0. The zero-order chi connectivity index (χ0) is 15.5. The molecular formula is C17H21ClN2O. The summed E-state index contributed by atoms with van der Waals surface area (Å²) in [6.07, 6.45) is -0.636. The third kappa shape index (κ3) is 4.81. The molecule has 2 N–H and O–H groups in total. The van der Waals surface area contributed by atoms with E-state index in [4.69, 9.17) is 11.6 Å². The summed E-state index contributed by atoms with van der Waals surface area (Å²) in [6.45, 7) is 6.66. The van der Waals surface area contributed by atoms with E-state index in [-0.39, 0.29) is 5.54 Å². The van der Waals surface area contributed by atoms with Gasteiger partial charge in [-0.2, -0.15) is 0 Å². The molecule has 0 spiro atoms. The second-order valence-electron chi connectivity index (χ2n) is 6.10. The van der Waals surface area contributed by atoms with Crippen LogP contribution >= 0.6 is 11.6 Å². The molecule has 1 unspecified atom stereocenters. The van der Waals surface area contributed by atoms with Crippen LogP contribution in [0, 0.1) is 0 Å². The summed E-state index contributed by atoms with van der Waals surface area (Å²) < 4.78 is 0. The van der Waals surface area contributed by atoms with Crippen LogP contribution in [0.3, 0.4) is 0 Å². The molecule has 0 saturated carbocycles. The summed E-state index contributed by atoms with van der Waals surface area (Å²) in [4.78, 5) is 4.54. The lowest BCUT2D eigenvalue weighted by Crippen LogP contribution is -2.38. The molecule has 2 aromatic rings. The largest absolute Gasteiger partial charge is 0.385 e. The smallest absolute Gasteiger partial charge is 0.108 e. The van der Waals surface area contributed by atoms with Crippen molar-refractivity contribution in [1.82, 2.24) is 10.3 Å². The van der Waals surface area contributed by atoms with E-state index in [0.717, 1.165) is 11.3 Å². The van der Waals surface area contributed by atoms with Crippen LogP contribution in [-0.2, 0) is 0 Å². The highest BCUT2D eigenvalue weighted by atomic mass is 35.5. The van der Waals surface area contributed by atoms with Crippen molar-refractivity contribution in [2.45, 2.75) is 32.4 Å². The van der Waals surface area contributed by atoms with Gasteiger partial charge in [-0.25, -0.2) is 0 Å². The van der Waals surface area contributed by atoms with Crippen LogP contribution in [0.4, 0.5) is 0 Å². The first-order valence-electron chi connectivity index (χ1n) is 7.01. The molecule has 4 heteroatoms. The highest BCUT2D eigenvalue weighted by Crippen LogP contribution is 2.22. The number of hydrogen-bond acceptors (Lipinski definition) is 3. The van der Waals surface area contributed by atoms with Crippen molar-refractivity contribution in [2.24, 2.45) is 0 Å². The minimum atomic E-state index is -0.636. The first-order valence-corrected chi connectivity index (χ1v) is 7.39. The minimum absolute atomic E-state index is 0.0362. The van der Waals surface area contributed by atoms with Gasteiger partial charge in [-0.05, 0) is 45.0 Å². The summed E-state index contributed by atoms with van der Waals surface area (Å²) in [5.41, 5.74) is 2.38. The van der Waals surface area contributed by atoms with Gasteiger partial charge in [0.15, 0.2) is 0 Å². The van der Waals surface area contributed by atoms with Crippen molar-refractivity contribution in [1.29, 1.82) is 0 Å². The molecule has 0 aliphatic carbocycles. The monoisotopic (exact) mass is 304 g/mol. The number of hydrogen-bond donors (Lipinski definition) is 2. The number of pyridine rings is 1. The highest BCUT2D eigenvalue weighted by Gasteiger charge is 2.15. The third-order valence-electron chi connectivity index (χ3n) is 3.06. The molecule has 1 aromatic carbocycles. The second kappa shape index (κ2) is 6.56.